The number of sulfone groups is 1. The number of aryl methyl sites for hydroxylation is 1. The molecule has 8 heteroatoms. The molecule has 0 radical (unpaired) electrons. The van der Waals surface area contributed by atoms with Gasteiger partial charge in [-0.15, -0.1) is 0 Å². The Balaban J connectivity index is 1.92. The molecule has 7 nitrogen and oxygen atoms in total. The van der Waals surface area contributed by atoms with E-state index < -0.39 is 27.3 Å². The van der Waals surface area contributed by atoms with Gasteiger partial charge in [0, 0.05) is 23.7 Å². The van der Waals surface area contributed by atoms with Crippen LogP contribution in [0.25, 0.3) is 22.4 Å². The van der Waals surface area contributed by atoms with Crippen LogP contribution in [0.5, 0.6) is 0 Å². The van der Waals surface area contributed by atoms with E-state index in [1.807, 2.05) is 60.7 Å². The number of carbonyl (C=O) groups is 1. The largest absolute Gasteiger partial charge is 0.348 e. The lowest BCUT2D eigenvalue weighted by Crippen LogP contribution is -2.40. The summed E-state index contributed by atoms with van der Waals surface area (Å²) in [6, 6.07) is 18.1. The molecule has 1 amide bonds. The Labute approximate surface area is 180 Å². The highest BCUT2D eigenvalue weighted by Crippen LogP contribution is 2.32. The third kappa shape index (κ3) is 4.29. The number of nitrogens with zero attached hydrogens (tertiary/aromatic N) is 2. The molecule has 0 spiro atoms. The van der Waals surface area contributed by atoms with Crippen LogP contribution in [0.15, 0.2) is 65.5 Å². The number of aromatic nitrogens is 2. The highest BCUT2D eigenvalue weighted by atomic mass is 32.2. The fraction of sp³-hybridized carbons (Fsp3) is 0.261. The molecule has 2 heterocycles. The molecule has 31 heavy (non-hydrogen) atoms. The van der Waals surface area contributed by atoms with Crippen molar-refractivity contribution in [2.24, 2.45) is 0 Å². The van der Waals surface area contributed by atoms with E-state index in [-0.39, 0.29) is 17.1 Å². The molecule has 1 aliphatic heterocycles. The Hall–Kier alpha value is -3.26. The molecule has 1 aliphatic rings. The van der Waals surface area contributed by atoms with Crippen LogP contribution < -0.4 is 10.9 Å². The minimum Gasteiger partial charge on any atom is -0.348 e. The van der Waals surface area contributed by atoms with Gasteiger partial charge in [-0.2, -0.15) is 5.10 Å². The summed E-state index contributed by atoms with van der Waals surface area (Å²) in [7, 11) is -3.17. The standard InChI is InChI=1S/C23H23N3O4S/c1-2-26-23(28)20(22(27)24-18-13-14-31(29,30)15-18)19(16-9-5-3-6-10-16)21(25-26)17-11-7-4-8-12-17/h3-12,18H,2,13-15H2,1H3,(H,24,27)/t18-/m0/s1. The predicted molar refractivity (Wildman–Crippen MR) is 120 cm³/mol. The van der Waals surface area contributed by atoms with Gasteiger partial charge in [0.1, 0.15) is 5.56 Å². The highest BCUT2D eigenvalue weighted by molar-refractivity contribution is 7.91. The molecule has 4 rings (SSSR count). The Bertz CT molecular complexity index is 1270. The van der Waals surface area contributed by atoms with Crippen LogP contribution in [0.2, 0.25) is 0 Å². The summed E-state index contributed by atoms with van der Waals surface area (Å²) >= 11 is 0. The lowest BCUT2D eigenvalue weighted by Gasteiger charge is -2.18. The van der Waals surface area contributed by atoms with E-state index in [9.17, 15) is 18.0 Å². The predicted octanol–water partition coefficient (Wildman–Crippen LogP) is 2.51. The summed E-state index contributed by atoms with van der Waals surface area (Å²) in [5.41, 5.74) is 1.92. The van der Waals surface area contributed by atoms with Gasteiger partial charge in [0.2, 0.25) is 0 Å². The maximum Gasteiger partial charge on any atom is 0.280 e. The van der Waals surface area contributed by atoms with E-state index in [0.717, 1.165) is 5.56 Å². The van der Waals surface area contributed by atoms with E-state index in [0.29, 0.717) is 29.8 Å². The Morgan fingerprint density at radius 3 is 2.23 bits per heavy atom. The van der Waals surface area contributed by atoms with E-state index in [4.69, 9.17) is 0 Å². The van der Waals surface area contributed by atoms with Crippen molar-refractivity contribution in [3.05, 3.63) is 76.6 Å². The summed E-state index contributed by atoms with van der Waals surface area (Å²) in [4.78, 5) is 26.6. The molecule has 1 aromatic heterocycles. The minimum atomic E-state index is -3.17. The summed E-state index contributed by atoms with van der Waals surface area (Å²) in [5, 5.41) is 7.34. The zero-order chi connectivity index (χ0) is 22.0. The molecule has 0 unspecified atom stereocenters. The molecule has 1 fully saturated rings. The number of carbonyl (C=O) groups excluding carboxylic acids is 1. The monoisotopic (exact) mass is 437 g/mol. The van der Waals surface area contributed by atoms with Gasteiger partial charge in [0.25, 0.3) is 11.5 Å². The van der Waals surface area contributed by atoms with Gasteiger partial charge >= 0.3 is 0 Å². The van der Waals surface area contributed by atoms with E-state index >= 15 is 0 Å². The summed E-state index contributed by atoms with van der Waals surface area (Å²) < 4.78 is 24.9. The van der Waals surface area contributed by atoms with E-state index in [1.54, 1.807) is 6.92 Å². The Kier molecular flexibility index (Phi) is 5.73. The Morgan fingerprint density at radius 1 is 1.06 bits per heavy atom. The lowest BCUT2D eigenvalue weighted by atomic mass is 9.95. The van der Waals surface area contributed by atoms with Crippen LogP contribution in [0.3, 0.4) is 0 Å². The highest BCUT2D eigenvalue weighted by Gasteiger charge is 2.31. The van der Waals surface area contributed by atoms with Crippen molar-refractivity contribution >= 4 is 15.7 Å². The molecule has 2 aromatic carbocycles. The second-order valence-electron chi connectivity index (χ2n) is 7.52. The minimum absolute atomic E-state index is 0.0220. The summed E-state index contributed by atoms with van der Waals surface area (Å²) in [6.07, 6.45) is 0.341. The number of rotatable bonds is 5. The first-order chi connectivity index (χ1) is 14.9. The smallest absolute Gasteiger partial charge is 0.280 e. The van der Waals surface area contributed by atoms with Crippen molar-refractivity contribution in [3.8, 4) is 22.4 Å². The number of amides is 1. The normalized spacial score (nSPS) is 17.4. The maximum atomic E-state index is 13.3. The summed E-state index contributed by atoms with van der Waals surface area (Å²) in [6.45, 7) is 2.09. The Morgan fingerprint density at radius 2 is 1.68 bits per heavy atom. The zero-order valence-electron chi connectivity index (χ0n) is 17.1. The molecule has 160 valence electrons. The van der Waals surface area contributed by atoms with Crippen LogP contribution >= 0.6 is 0 Å². The third-order valence-corrected chi connectivity index (χ3v) is 7.13. The van der Waals surface area contributed by atoms with Gasteiger partial charge in [-0.25, -0.2) is 13.1 Å². The lowest BCUT2D eigenvalue weighted by molar-refractivity contribution is 0.0939. The summed E-state index contributed by atoms with van der Waals surface area (Å²) in [5.74, 6) is -0.653. The van der Waals surface area contributed by atoms with Crippen molar-refractivity contribution < 1.29 is 13.2 Å². The zero-order valence-corrected chi connectivity index (χ0v) is 17.9. The SMILES string of the molecule is CCn1nc(-c2ccccc2)c(-c2ccccc2)c(C(=O)N[C@H]2CCS(=O)(=O)C2)c1=O. The molecule has 0 bridgehead atoms. The number of benzene rings is 2. The second-order valence-corrected chi connectivity index (χ2v) is 9.75. The van der Waals surface area contributed by atoms with Gasteiger partial charge in [0.05, 0.1) is 17.2 Å². The molecule has 1 N–H and O–H groups in total. The number of hydrogen-bond acceptors (Lipinski definition) is 5. The molecule has 3 aromatic rings. The van der Waals surface area contributed by atoms with Gasteiger partial charge in [0.15, 0.2) is 9.84 Å². The van der Waals surface area contributed by atoms with Crippen molar-refractivity contribution in [1.82, 2.24) is 15.1 Å². The van der Waals surface area contributed by atoms with Gasteiger partial charge < -0.3 is 5.32 Å². The van der Waals surface area contributed by atoms with E-state index in [2.05, 4.69) is 10.4 Å². The van der Waals surface area contributed by atoms with Gasteiger partial charge in [-0.3, -0.25) is 9.59 Å². The number of hydrogen-bond donors (Lipinski definition) is 1. The molecular formula is C23H23N3O4S. The fourth-order valence-electron chi connectivity index (χ4n) is 3.85. The number of nitrogens with one attached hydrogen (secondary N) is 1. The van der Waals surface area contributed by atoms with Crippen molar-refractivity contribution in [1.29, 1.82) is 0 Å². The molecule has 0 saturated carbocycles. The molecule has 1 atom stereocenters. The van der Waals surface area contributed by atoms with Crippen molar-refractivity contribution in [3.63, 3.8) is 0 Å². The molecular weight excluding hydrogens is 414 g/mol. The third-order valence-electron chi connectivity index (χ3n) is 5.36. The topological polar surface area (TPSA) is 98.1 Å². The fourth-order valence-corrected chi connectivity index (χ4v) is 5.52. The van der Waals surface area contributed by atoms with Crippen molar-refractivity contribution in [2.75, 3.05) is 11.5 Å². The van der Waals surface area contributed by atoms with Gasteiger partial charge in [-0.05, 0) is 18.9 Å². The van der Waals surface area contributed by atoms with E-state index in [1.165, 1.54) is 4.68 Å². The van der Waals surface area contributed by atoms with Gasteiger partial charge in [-0.1, -0.05) is 60.7 Å². The van der Waals surface area contributed by atoms with Crippen LogP contribution in [0, 0.1) is 0 Å². The van der Waals surface area contributed by atoms with Crippen LogP contribution in [0.1, 0.15) is 23.7 Å². The first kappa shape index (κ1) is 21.0. The molecule has 1 saturated heterocycles. The maximum absolute atomic E-state index is 13.3. The average Bonchev–Trinajstić information content (AvgIpc) is 3.12. The first-order valence-electron chi connectivity index (χ1n) is 10.2. The van der Waals surface area contributed by atoms with Crippen molar-refractivity contribution in [2.45, 2.75) is 25.9 Å². The second kappa shape index (κ2) is 8.47. The average molecular weight is 438 g/mol. The van der Waals surface area contributed by atoms with Crippen LogP contribution in [-0.4, -0.2) is 41.7 Å². The van der Waals surface area contributed by atoms with Crippen LogP contribution in [-0.2, 0) is 16.4 Å². The van der Waals surface area contributed by atoms with Crippen LogP contribution in [0.4, 0.5) is 0 Å². The first-order valence-corrected chi connectivity index (χ1v) is 12.0. The molecule has 0 aliphatic carbocycles. The quantitative estimate of drug-likeness (QED) is 0.661.